The molecule has 0 amide bonds. The van der Waals surface area contributed by atoms with Gasteiger partial charge in [-0.25, -0.2) is 0 Å². The molecule has 0 aromatic heterocycles. The predicted octanol–water partition coefficient (Wildman–Crippen LogP) is 3.74. The van der Waals surface area contributed by atoms with E-state index >= 15 is 0 Å². The molecule has 1 N–H and O–H groups in total. The molecule has 0 radical (unpaired) electrons. The van der Waals surface area contributed by atoms with E-state index in [4.69, 9.17) is 18.9 Å². The van der Waals surface area contributed by atoms with E-state index in [1.807, 2.05) is 36.4 Å². The molecule has 158 valence electrons. The van der Waals surface area contributed by atoms with Crippen molar-refractivity contribution in [1.82, 2.24) is 5.32 Å². The molecular weight excluding hydrogens is 406 g/mol. The zero-order valence-corrected chi connectivity index (χ0v) is 17.3. The van der Waals surface area contributed by atoms with Crippen LogP contribution >= 0.6 is 12.4 Å². The molecular formula is C23H24ClNO5. The highest BCUT2D eigenvalue weighted by atomic mass is 35.5. The van der Waals surface area contributed by atoms with Gasteiger partial charge in [0.15, 0.2) is 11.5 Å². The Kier molecular flexibility index (Phi) is 4.99. The van der Waals surface area contributed by atoms with Gasteiger partial charge in [0.2, 0.25) is 6.79 Å². The summed E-state index contributed by atoms with van der Waals surface area (Å²) >= 11 is 0. The van der Waals surface area contributed by atoms with Crippen LogP contribution in [0.15, 0.2) is 36.4 Å². The van der Waals surface area contributed by atoms with E-state index in [9.17, 15) is 4.79 Å². The molecule has 2 bridgehead atoms. The summed E-state index contributed by atoms with van der Waals surface area (Å²) in [5.74, 6) is 2.20. The Labute approximate surface area is 181 Å². The summed E-state index contributed by atoms with van der Waals surface area (Å²) in [6, 6.07) is 12.7. The lowest BCUT2D eigenvalue weighted by Crippen LogP contribution is -2.42. The van der Waals surface area contributed by atoms with E-state index in [-0.39, 0.29) is 37.2 Å². The molecule has 3 unspecified atom stereocenters. The monoisotopic (exact) mass is 429 g/mol. The van der Waals surface area contributed by atoms with Crippen molar-refractivity contribution < 1.29 is 23.7 Å². The third-order valence-electron chi connectivity index (χ3n) is 6.49. The molecule has 2 aromatic rings. The van der Waals surface area contributed by atoms with Crippen molar-refractivity contribution in [3.63, 3.8) is 0 Å². The maximum Gasteiger partial charge on any atom is 0.319 e. The number of carbonyl (C=O) groups is 1. The quantitative estimate of drug-likeness (QED) is 0.592. The first-order valence-electron chi connectivity index (χ1n) is 10.4. The highest BCUT2D eigenvalue weighted by Gasteiger charge is 2.35. The molecule has 4 aliphatic rings. The number of hydrogen-bond donors (Lipinski definition) is 1. The number of carbonyl (C=O) groups excluding carboxylic acids is 1. The number of esters is 1. The maximum atomic E-state index is 12.7. The lowest BCUT2D eigenvalue weighted by atomic mass is 9.89. The Morgan fingerprint density at radius 1 is 0.933 bits per heavy atom. The van der Waals surface area contributed by atoms with Gasteiger partial charge in [-0.2, -0.15) is 0 Å². The molecule has 2 fully saturated rings. The van der Waals surface area contributed by atoms with Gasteiger partial charge in [0.1, 0.15) is 17.6 Å². The first-order valence-corrected chi connectivity index (χ1v) is 10.4. The Morgan fingerprint density at radius 2 is 1.73 bits per heavy atom. The second-order valence-electron chi connectivity index (χ2n) is 8.41. The van der Waals surface area contributed by atoms with E-state index < -0.39 is 0 Å². The van der Waals surface area contributed by atoms with Crippen molar-refractivity contribution in [3.05, 3.63) is 47.5 Å². The van der Waals surface area contributed by atoms with Gasteiger partial charge < -0.3 is 24.3 Å². The van der Waals surface area contributed by atoms with Gasteiger partial charge in [0, 0.05) is 18.2 Å². The number of rotatable bonds is 3. The summed E-state index contributed by atoms with van der Waals surface area (Å²) in [6.45, 7) is 0.220. The van der Waals surface area contributed by atoms with Crippen LogP contribution < -0.4 is 24.3 Å². The van der Waals surface area contributed by atoms with E-state index in [2.05, 4.69) is 5.32 Å². The average molecular weight is 430 g/mol. The fraction of sp³-hybridized carbons (Fsp3) is 0.435. The van der Waals surface area contributed by atoms with E-state index in [0.717, 1.165) is 29.7 Å². The molecule has 2 saturated heterocycles. The highest BCUT2D eigenvalue weighted by molar-refractivity contribution is 5.85. The van der Waals surface area contributed by atoms with E-state index in [1.165, 1.54) is 12.8 Å². The predicted molar refractivity (Wildman–Crippen MR) is 112 cm³/mol. The van der Waals surface area contributed by atoms with Crippen LogP contribution in [0.25, 0.3) is 0 Å². The molecule has 0 saturated carbocycles. The zero-order valence-electron chi connectivity index (χ0n) is 16.5. The average Bonchev–Trinajstić information content (AvgIpc) is 3.32. The first-order chi connectivity index (χ1) is 14.2. The first kappa shape index (κ1) is 19.5. The number of hydrogen-bond acceptors (Lipinski definition) is 6. The molecule has 4 aliphatic heterocycles. The van der Waals surface area contributed by atoms with Gasteiger partial charge >= 0.3 is 5.97 Å². The normalized spacial score (nSPS) is 28.3. The summed E-state index contributed by atoms with van der Waals surface area (Å²) in [5.41, 5.74) is 1.90. The summed E-state index contributed by atoms with van der Waals surface area (Å²) in [6.07, 6.45) is 5.40. The fourth-order valence-corrected chi connectivity index (χ4v) is 5.03. The van der Waals surface area contributed by atoms with E-state index in [1.54, 1.807) is 0 Å². The van der Waals surface area contributed by atoms with Gasteiger partial charge in [-0.1, -0.05) is 12.1 Å². The Balaban J connectivity index is 0.00000193. The minimum absolute atomic E-state index is 0. The summed E-state index contributed by atoms with van der Waals surface area (Å²) in [7, 11) is 0. The van der Waals surface area contributed by atoms with Gasteiger partial charge in [-0.3, -0.25) is 4.79 Å². The van der Waals surface area contributed by atoms with E-state index in [0.29, 0.717) is 35.8 Å². The lowest BCUT2D eigenvalue weighted by molar-refractivity contribution is -0.137. The molecule has 0 aliphatic carbocycles. The molecule has 3 atom stereocenters. The van der Waals surface area contributed by atoms with Crippen LogP contribution in [0.3, 0.4) is 0 Å². The number of piperidine rings is 1. The van der Waals surface area contributed by atoms with Crippen LogP contribution in [0, 0.1) is 0 Å². The van der Waals surface area contributed by atoms with Crippen LogP contribution in [0.2, 0.25) is 0 Å². The summed E-state index contributed by atoms with van der Waals surface area (Å²) in [5, 5.41) is 3.63. The van der Waals surface area contributed by atoms with Gasteiger partial charge in [-0.05, 0) is 61.4 Å². The number of nitrogens with one attached hydrogen (secondary N) is 1. The van der Waals surface area contributed by atoms with Gasteiger partial charge in [0.05, 0.1) is 5.92 Å². The van der Waals surface area contributed by atoms with Crippen LogP contribution in [0.1, 0.15) is 42.7 Å². The lowest BCUT2D eigenvalue weighted by Gasteiger charge is -2.30. The number of fused-ring (bicyclic) bond motifs is 4. The summed E-state index contributed by atoms with van der Waals surface area (Å²) in [4.78, 5) is 12.7. The van der Waals surface area contributed by atoms with Crippen molar-refractivity contribution in [1.29, 1.82) is 0 Å². The second-order valence-corrected chi connectivity index (χ2v) is 8.41. The largest absolute Gasteiger partial charge is 0.490 e. The maximum absolute atomic E-state index is 12.7. The van der Waals surface area contributed by atoms with Crippen molar-refractivity contribution in [3.8, 4) is 23.0 Å². The molecule has 2 aromatic carbocycles. The minimum Gasteiger partial charge on any atom is -0.490 e. The van der Waals surface area contributed by atoms with Crippen molar-refractivity contribution in [2.24, 2.45) is 0 Å². The molecule has 0 spiro atoms. The number of benzene rings is 2. The molecule has 4 heterocycles. The third kappa shape index (κ3) is 3.48. The van der Waals surface area contributed by atoms with Crippen LogP contribution in [0.4, 0.5) is 0 Å². The molecule has 6 nitrogen and oxygen atoms in total. The van der Waals surface area contributed by atoms with Crippen molar-refractivity contribution >= 4 is 18.4 Å². The number of halogens is 1. The second kappa shape index (κ2) is 7.67. The molecule has 7 heteroatoms. The molecule has 6 rings (SSSR count). The SMILES string of the molecule is Cl.O=C1Oc2cc(OC3CC4CCC(C3)N4)ccc2CC1c1ccc2c(c1)OCO2. The van der Waals surface area contributed by atoms with Gasteiger partial charge in [0.25, 0.3) is 0 Å². The Morgan fingerprint density at radius 3 is 2.57 bits per heavy atom. The fourth-order valence-electron chi connectivity index (χ4n) is 5.03. The number of ether oxygens (including phenoxy) is 4. The Bertz CT molecular complexity index is 968. The topological polar surface area (TPSA) is 66.0 Å². The van der Waals surface area contributed by atoms with Crippen molar-refractivity contribution in [2.45, 2.75) is 56.2 Å². The summed E-state index contributed by atoms with van der Waals surface area (Å²) < 4.78 is 22.7. The van der Waals surface area contributed by atoms with Gasteiger partial charge in [-0.15, -0.1) is 12.4 Å². The standard InChI is InChI=1S/C23H23NO5.ClH/c25-23-19(13-2-6-20-22(8-13)27-12-26-20)7-14-1-5-17(11-21(14)29-23)28-18-9-15-3-4-16(10-18)24-15;/h1-2,5-6,8,11,15-16,18-19,24H,3-4,7,9-10,12H2;1H. The van der Waals surface area contributed by atoms with Crippen LogP contribution in [-0.4, -0.2) is 30.9 Å². The van der Waals surface area contributed by atoms with Crippen LogP contribution in [0.5, 0.6) is 23.0 Å². The minimum atomic E-state index is -0.344. The highest BCUT2D eigenvalue weighted by Crippen LogP contribution is 2.40. The van der Waals surface area contributed by atoms with Crippen LogP contribution in [-0.2, 0) is 11.2 Å². The Hall–Kier alpha value is -2.44. The molecule has 30 heavy (non-hydrogen) atoms. The zero-order chi connectivity index (χ0) is 19.4. The van der Waals surface area contributed by atoms with Crippen molar-refractivity contribution in [2.75, 3.05) is 6.79 Å². The third-order valence-corrected chi connectivity index (χ3v) is 6.49. The smallest absolute Gasteiger partial charge is 0.319 e.